The molecule has 1 unspecified atom stereocenters. The molecule has 0 amide bonds. The number of carbonyl (C=O) groups excluding carboxylic acids is 1. The van der Waals surface area contributed by atoms with E-state index in [2.05, 4.69) is 4.74 Å². The van der Waals surface area contributed by atoms with Gasteiger partial charge in [0.05, 0.1) is 18.4 Å². The van der Waals surface area contributed by atoms with E-state index in [1.54, 1.807) is 12.1 Å². The number of ether oxygens (including phenoxy) is 1. The van der Waals surface area contributed by atoms with Crippen LogP contribution in [0, 0.1) is 0 Å². The number of nitrogens with zero attached hydrogens (tertiary/aromatic N) is 1. The number of esters is 1. The fraction of sp³-hybridized carbons (Fsp3) is 0.500. The van der Waals surface area contributed by atoms with Crippen LogP contribution in [-0.4, -0.2) is 44.9 Å². The molecule has 0 radical (unpaired) electrons. The molecular weight excluding hydrogens is 292 g/mol. The lowest BCUT2D eigenvalue weighted by Gasteiger charge is -2.29. The number of methoxy groups -OCH3 is 1. The van der Waals surface area contributed by atoms with Crippen molar-refractivity contribution in [3.8, 4) is 0 Å². The minimum atomic E-state index is -3.51. The van der Waals surface area contributed by atoms with Crippen LogP contribution in [0.15, 0.2) is 29.2 Å². The van der Waals surface area contributed by atoms with Crippen LogP contribution in [0.2, 0.25) is 0 Å². The predicted molar refractivity (Wildman–Crippen MR) is 78.1 cm³/mol. The second kappa shape index (κ2) is 6.55. The standard InChI is InChI=1S/C14H20N2O4S/c1-20-14(17)9-11-4-6-13(7-5-11)21(18,19)16-8-2-3-12(15)10-16/h4-7,12H,2-3,8-10,15H2,1H3. The normalized spacial score (nSPS) is 20.2. The summed E-state index contributed by atoms with van der Waals surface area (Å²) in [4.78, 5) is 11.4. The van der Waals surface area contributed by atoms with Gasteiger partial charge >= 0.3 is 5.97 Å². The number of benzene rings is 1. The van der Waals surface area contributed by atoms with E-state index < -0.39 is 10.0 Å². The minimum absolute atomic E-state index is 0.105. The maximum Gasteiger partial charge on any atom is 0.309 e. The fourth-order valence-electron chi connectivity index (χ4n) is 2.36. The van der Waals surface area contributed by atoms with Crippen LogP contribution in [0.1, 0.15) is 18.4 Å². The largest absolute Gasteiger partial charge is 0.469 e. The summed E-state index contributed by atoms with van der Waals surface area (Å²) in [6.45, 7) is 0.853. The third-order valence-corrected chi connectivity index (χ3v) is 5.44. The summed E-state index contributed by atoms with van der Waals surface area (Å²) in [7, 11) is -2.19. The summed E-state index contributed by atoms with van der Waals surface area (Å²) >= 11 is 0. The molecule has 0 spiro atoms. The van der Waals surface area contributed by atoms with Crippen LogP contribution in [0.4, 0.5) is 0 Å². The van der Waals surface area contributed by atoms with Gasteiger partial charge in [-0.1, -0.05) is 12.1 Å². The van der Waals surface area contributed by atoms with E-state index in [1.807, 2.05) is 0 Å². The average molecular weight is 312 g/mol. The molecule has 1 aromatic carbocycles. The lowest BCUT2D eigenvalue weighted by molar-refractivity contribution is -0.139. The Bertz CT molecular complexity index is 598. The minimum Gasteiger partial charge on any atom is -0.469 e. The van der Waals surface area contributed by atoms with Gasteiger partial charge in [-0.25, -0.2) is 8.42 Å². The smallest absolute Gasteiger partial charge is 0.309 e. The van der Waals surface area contributed by atoms with Crippen LogP contribution < -0.4 is 5.73 Å². The number of carbonyl (C=O) groups is 1. The molecule has 21 heavy (non-hydrogen) atoms. The summed E-state index contributed by atoms with van der Waals surface area (Å²) in [5, 5.41) is 0. The molecule has 6 nitrogen and oxygen atoms in total. The van der Waals surface area contributed by atoms with E-state index in [9.17, 15) is 13.2 Å². The average Bonchev–Trinajstić information content (AvgIpc) is 2.47. The van der Waals surface area contributed by atoms with Crippen molar-refractivity contribution in [2.75, 3.05) is 20.2 Å². The van der Waals surface area contributed by atoms with E-state index >= 15 is 0 Å². The first-order valence-corrected chi connectivity index (χ1v) is 8.29. The molecule has 0 aromatic heterocycles. The monoisotopic (exact) mass is 312 g/mol. The Labute approximate surface area is 124 Å². The van der Waals surface area contributed by atoms with Crippen molar-refractivity contribution in [2.24, 2.45) is 5.73 Å². The Morgan fingerprint density at radius 1 is 1.38 bits per heavy atom. The fourth-order valence-corrected chi connectivity index (χ4v) is 3.89. The van der Waals surface area contributed by atoms with Gasteiger partial charge in [0.1, 0.15) is 0 Å². The van der Waals surface area contributed by atoms with Gasteiger partial charge in [0.25, 0.3) is 0 Å². The third-order valence-electron chi connectivity index (χ3n) is 3.56. The summed E-state index contributed by atoms with van der Waals surface area (Å²) in [5.74, 6) is -0.354. The molecule has 116 valence electrons. The van der Waals surface area contributed by atoms with Gasteiger partial charge in [0, 0.05) is 19.1 Å². The lowest BCUT2D eigenvalue weighted by Crippen LogP contribution is -2.45. The maximum atomic E-state index is 12.5. The Morgan fingerprint density at radius 2 is 2.05 bits per heavy atom. The molecule has 2 N–H and O–H groups in total. The van der Waals surface area contributed by atoms with Crippen molar-refractivity contribution >= 4 is 16.0 Å². The summed E-state index contributed by atoms with van der Waals surface area (Å²) < 4.78 is 31.0. The molecule has 1 heterocycles. The van der Waals surface area contributed by atoms with Gasteiger partial charge in [-0.15, -0.1) is 0 Å². The third kappa shape index (κ3) is 3.81. The van der Waals surface area contributed by atoms with Gasteiger partial charge in [-0.3, -0.25) is 4.79 Å². The molecule has 0 saturated carbocycles. The predicted octanol–water partition coefficient (Wildman–Crippen LogP) is 0.514. The van der Waals surface area contributed by atoms with E-state index in [0.29, 0.717) is 13.1 Å². The quantitative estimate of drug-likeness (QED) is 0.818. The SMILES string of the molecule is COC(=O)Cc1ccc(S(=O)(=O)N2CCCC(N)C2)cc1. The van der Waals surface area contributed by atoms with Crippen molar-refractivity contribution < 1.29 is 17.9 Å². The molecule has 1 atom stereocenters. The van der Waals surface area contributed by atoms with Crippen LogP contribution >= 0.6 is 0 Å². The van der Waals surface area contributed by atoms with E-state index in [1.165, 1.54) is 23.5 Å². The Hall–Kier alpha value is -1.44. The molecule has 0 aliphatic carbocycles. The summed E-state index contributed by atoms with van der Waals surface area (Å²) in [6.07, 6.45) is 1.76. The van der Waals surface area contributed by atoms with Crippen LogP contribution in [0.5, 0.6) is 0 Å². The Kier molecular flexibility index (Phi) is 4.97. The zero-order valence-electron chi connectivity index (χ0n) is 12.0. The molecule has 7 heteroatoms. The molecule has 0 bridgehead atoms. The second-order valence-electron chi connectivity index (χ2n) is 5.16. The highest BCUT2D eigenvalue weighted by Crippen LogP contribution is 2.20. The number of piperidine rings is 1. The molecule has 1 aliphatic rings. The van der Waals surface area contributed by atoms with Gasteiger partial charge in [0.2, 0.25) is 10.0 Å². The van der Waals surface area contributed by atoms with Crippen LogP contribution in [-0.2, 0) is 26.0 Å². The first-order valence-electron chi connectivity index (χ1n) is 6.85. The molecule has 1 aliphatic heterocycles. The number of hydrogen-bond donors (Lipinski definition) is 1. The van der Waals surface area contributed by atoms with Crippen molar-refractivity contribution in [1.29, 1.82) is 0 Å². The second-order valence-corrected chi connectivity index (χ2v) is 7.10. The van der Waals surface area contributed by atoms with Crippen LogP contribution in [0.3, 0.4) is 0 Å². The molecule has 1 aromatic rings. The molecular formula is C14H20N2O4S. The zero-order chi connectivity index (χ0) is 15.5. The molecule has 2 rings (SSSR count). The molecule has 1 fully saturated rings. The zero-order valence-corrected chi connectivity index (χ0v) is 12.8. The maximum absolute atomic E-state index is 12.5. The van der Waals surface area contributed by atoms with Gasteiger partial charge in [-0.05, 0) is 30.5 Å². The van der Waals surface area contributed by atoms with Crippen LogP contribution in [0.25, 0.3) is 0 Å². The van der Waals surface area contributed by atoms with Gasteiger partial charge < -0.3 is 10.5 Å². The lowest BCUT2D eigenvalue weighted by atomic mass is 10.1. The van der Waals surface area contributed by atoms with Crippen molar-refractivity contribution in [3.05, 3.63) is 29.8 Å². The highest BCUT2D eigenvalue weighted by atomic mass is 32.2. The van der Waals surface area contributed by atoms with Crippen molar-refractivity contribution in [2.45, 2.75) is 30.2 Å². The van der Waals surface area contributed by atoms with Crippen molar-refractivity contribution in [3.63, 3.8) is 0 Å². The van der Waals surface area contributed by atoms with E-state index in [0.717, 1.165) is 18.4 Å². The highest BCUT2D eigenvalue weighted by molar-refractivity contribution is 7.89. The summed E-state index contributed by atoms with van der Waals surface area (Å²) in [6, 6.07) is 6.20. The highest BCUT2D eigenvalue weighted by Gasteiger charge is 2.28. The topological polar surface area (TPSA) is 89.7 Å². The summed E-state index contributed by atoms with van der Waals surface area (Å²) in [5.41, 5.74) is 6.56. The van der Waals surface area contributed by atoms with E-state index in [4.69, 9.17) is 5.73 Å². The number of hydrogen-bond acceptors (Lipinski definition) is 5. The molecule has 1 saturated heterocycles. The van der Waals surface area contributed by atoms with E-state index in [-0.39, 0.29) is 23.3 Å². The van der Waals surface area contributed by atoms with Crippen molar-refractivity contribution in [1.82, 2.24) is 4.31 Å². The Balaban J connectivity index is 2.15. The number of nitrogens with two attached hydrogens (primary N) is 1. The first kappa shape index (κ1) is 15.9. The number of rotatable bonds is 4. The van der Waals surface area contributed by atoms with Gasteiger partial charge in [0.15, 0.2) is 0 Å². The van der Waals surface area contributed by atoms with Gasteiger partial charge in [-0.2, -0.15) is 4.31 Å². The Morgan fingerprint density at radius 3 is 2.62 bits per heavy atom. The first-order chi connectivity index (χ1) is 9.93. The number of sulfonamides is 1.